The Hall–Kier alpha value is -1.16. The molecule has 1 saturated heterocycles. The summed E-state index contributed by atoms with van der Waals surface area (Å²) in [6.45, 7) is 0.940. The number of nitrogens with one attached hydrogen (secondary N) is 1. The summed E-state index contributed by atoms with van der Waals surface area (Å²) in [7, 11) is -2.37. The third-order valence-corrected chi connectivity index (χ3v) is 6.15. The summed E-state index contributed by atoms with van der Waals surface area (Å²) in [4.78, 5) is -0.186. The Kier molecular flexibility index (Phi) is 4.63. The van der Waals surface area contributed by atoms with Gasteiger partial charge in [-0.25, -0.2) is 13.1 Å². The number of rotatable bonds is 5. The van der Waals surface area contributed by atoms with Crippen molar-refractivity contribution in [2.45, 2.75) is 29.6 Å². The molecule has 1 aromatic carbocycles. The van der Waals surface area contributed by atoms with Gasteiger partial charge in [0.15, 0.2) is 0 Å². The Labute approximate surface area is 138 Å². The first-order valence-corrected chi connectivity index (χ1v) is 9.02. The van der Waals surface area contributed by atoms with E-state index in [9.17, 15) is 21.6 Å². The third kappa shape index (κ3) is 3.17. The SMILES string of the molecule is COC[C@@H]1[C@H](NS(=O)(=O)c2ccc(C(F)(F)F)cc2)[C@@H]2CCO[C@H]12. The molecular weight excluding hydrogens is 347 g/mol. The summed E-state index contributed by atoms with van der Waals surface area (Å²) in [5.74, 6) is -0.0129. The highest BCUT2D eigenvalue weighted by Crippen LogP contribution is 2.44. The zero-order valence-electron chi connectivity index (χ0n) is 12.9. The third-order valence-electron chi connectivity index (χ3n) is 4.67. The minimum Gasteiger partial charge on any atom is -0.384 e. The minimum absolute atomic E-state index is 0.0229. The van der Waals surface area contributed by atoms with Crippen molar-refractivity contribution in [2.75, 3.05) is 20.3 Å². The first-order chi connectivity index (χ1) is 11.2. The van der Waals surface area contributed by atoms with Crippen LogP contribution in [0.3, 0.4) is 0 Å². The maximum Gasteiger partial charge on any atom is 0.416 e. The highest BCUT2D eigenvalue weighted by Gasteiger charge is 2.54. The maximum atomic E-state index is 12.6. The Bertz CT molecular complexity index is 690. The van der Waals surface area contributed by atoms with E-state index >= 15 is 0 Å². The van der Waals surface area contributed by atoms with Crippen molar-refractivity contribution >= 4 is 10.0 Å². The van der Waals surface area contributed by atoms with Gasteiger partial charge in [-0.1, -0.05) is 0 Å². The van der Waals surface area contributed by atoms with Crippen LogP contribution in [0.1, 0.15) is 12.0 Å². The standard InChI is InChI=1S/C15H18F3NO4S/c1-22-8-12-13(11-6-7-23-14(11)12)19-24(20,21)10-4-2-9(3-5-10)15(16,17)18/h2-5,11-14,19H,6-8H2,1H3/t11-,12+,13+,14-/m0/s1. The molecule has 2 fully saturated rings. The van der Waals surface area contributed by atoms with Gasteiger partial charge in [-0.15, -0.1) is 0 Å². The van der Waals surface area contributed by atoms with Crippen molar-refractivity contribution in [1.82, 2.24) is 4.72 Å². The number of hydrogen-bond acceptors (Lipinski definition) is 4. The van der Waals surface area contributed by atoms with Gasteiger partial charge in [-0.3, -0.25) is 0 Å². The quantitative estimate of drug-likeness (QED) is 0.867. The Morgan fingerprint density at radius 1 is 1.29 bits per heavy atom. The van der Waals surface area contributed by atoms with Gasteiger partial charge in [0, 0.05) is 31.6 Å². The molecule has 4 atom stereocenters. The van der Waals surface area contributed by atoms with Crippen molar-refractivity contribution in [3.63, 3.8) is 0 Å². The van der Waals surface area contributed by atoms with Gasteiger partial charge in [-0.2, -0.15) is 13.2 Å². The molecule has 24 heavy (non-hydrogen) atoms. The summed E-state index contributed by atoms with van der Waals surface area (Å²) >= 11 is 0. The Morgan fingerprint density at radius 2 is 1.96 bits per heavy atom. The van der Waals surface area contributed by atoms with Crippen LogP contribution in [0.4, 0.5) is 13.2 Å². The Morgan fingerprint density at radius 3 is 2.54 bits per heavy atom. The van der Waals surface area contributed by atoms with E-state index in [4.69, 9.17) is 9.47 Å². The molecule has 0 aromatic heterocycles. The smallest absolute Gasteiger partial charge is 0.384 e. The van der Waals surface area contributed by atoms with Gasteiger partial charge < -0.3 is 9.47 Å². The van der Waals surface area contributed by atoms with E-state index in [2.05, 4.69) is 4.72 Å². The number of fused-ring (bicyclic) bond motifs is 1. The van der Waals surface area contributed by atoms with E-state index in [0.29, 0.717) is 13.2 Å². The normalized spacial score (nSPS) is 30.0. The molecule has 1 aromatic rings. The van der Waals surface area contributed by atoms with Gasteiger partial charge in [0.25, 0.3) is 0 Å². The van der Waals surface area contributed by atoms with Crippen molar-refractivity contribution in [3.8, 4) is 0 Å². The van der Waals surface area contributed by atoms with E-state index in [-0.39, 0.29) is 28.9 Å². The largest absolute Gasteiger partial charge is 0.416 e. The predicted octanol–water partition coefficient (Wildman–Crippen LogP) is 2.03. The Balaban J connectivity index is 1.76. The number of hydrogen-bond donors (Lipinski definition) is 1. The summed E-state index contributed by atoms with van der Waals surface area (Å²) in [5.41, 5.74) is -0.883. The lowest BCUT2D eigenvalue weighted by atomic mass is 9.68. The molecule has 1 N–H and O–H groups in total. The van der Waals surface area contributed by atoms with Crippen LogP contribution in [0, 0.1) is 11.8 Å². The van der Waals surface area contributed by atoms with E-state index in [1.165, 1.54) is 7.11 Å². The molecule has 9 heteroatoms. The van der Waals surface area contributed by atoms with Crippen LogP contribution in [-0.4, -0.2) is 40.9 Å². The summed E-state index contributed by atoms with van der Waals surface area (Å²) < 4.78 is 76.0. The lowest BCUT2D eigenvalue weighted by Gasteiger charge is -2.47. The second kappa shape index (κ2) is 6.29. The van der Waals surface area contributed by atoms with Crippen LogP contribution >= 0.6 is 0 Å². The molecule has 0 amide bonds. The number of halogens is 3. The highest BCUT2D eigenvalue weighted by atomic mass is 32.2. The predicted molar refractivity (Wildman–Crippen MR) is 78.8 cm³/mol. The van der Waals surface area contributed by atoms with Crippen LogP contribution in [0.2, 0.25) is 0 Å². The highest BCUT2D eigenvalue weighted by molar-refractivity contribution is 7.89. The molecule has 0 unspecified atom stereocenters. The van der Waals surface area contributed by atoms with Crippen molar-refractivity contribution in [1.29, 1.82) is 0 Å². The fraction of sp³-hybridized carbons (Fsp3) is 0.600. The molecule has 1 saturated carbocycles. The van der Waals surface area contributed by atoms with Gasteiger partial charge in [0.05, 0.1) is 23.2 Å². The topological polar surface area (TPSA) is 64.6 Å². The molecule has 0 bridgehead atoms. The van der Waals surface area contributed by atoms with Crippen LogP contribution < -0.4 is 4.72 Å². The monoisotopic (exact) mass is 365 g/mol. The molecule has 1 heterocycles. The fourth-order valence-electron chi connectivity index (χ4n) is 3.47. The van der Waals surface area contributed by atoms with Crippen molar-refractivity contribution in [3.05, 3.63) is 29.8 Å². The summed E-state index contributed by atoms with van der Waals surface area (Å²) in [5, 5.41) is 0. The van der Waals surface area contributed by atoms with E-state index in [1.54, 1.807) is 0 Å². The second-order valence-corrected chi connectivity index (χ2v) is 7.79. The lowest BCUT2D eigenvalue weighted by Crippen LogP contribution is -2.62. The molecule has 1 aliphatic heterocycles. The molecule has 134 valence electrons. The second-order valence-electron chi connectivity index (χ2n) is 6.08. The molecule has 5 nitrogen and oxygen atoms in total. The number of ether oxygens (including phenoxy) is 2. The summed E-state index contributed by atoms with van der Waals surface area (Å²) in [6, 6.07) is 3.15. The molecule has 1 aliphatic carbocycles. The number of methoxy groups -OCH3 is 1. The molecular formula is C15H18F3NO4S. The van der Waals surface area contributed by atoms with Crippen LogP contribution in [0.5, 0.6) is 0 Å². The van der Waals surface area contributed by atoms with E-state index < -0.39 is 21.8 Å². The first kappa shape index (κ1) is 17.7. The maximum absolute atomic E-state index is 12.6. The first-order valence-electron chi connectivity index (χ1n) is 7.54. The molecule has 0 spiro atoms. The fourth-order valence-corrected chi connectivity index (χ4v) is 4.80. The minimum atomic E-state index is -4.50. The van der Waals surface area contributed by atoms with Gasteiger partial charge in [-0.05, 0) is 30.7 Å². The van der Waals surface area contributed by atoms with Crippen molar-refractivity contribution in [2.24, 2.45) is 11.8 Å². The van der Waals surface area contributed by atoms with E-state index in [0.717, 1.165) is 30.7 Å². The zero-order chi connectivity index (χ0) is 17.5. The van der Waals surface area contributed by atoms with Crippen LogP contribution in [0.25, 0.3) is 0 Å². The zero-order valence-corrected chi connectivity index (χ0v) is 13.7. The van der Waals surface area contributed by atoms with Gasteiger partial charge in [0.1, 0.15) is 0 Å². The number of benzene rings is 1. The molecule has 2 aliphatic rings. The average Bonchev–Trinajstić information content (AvgIpc) is 2.94. The molecule has 0 radical (unpaired) electrons. The van der Waals surface area contributed by atoms with Gasteiger partial charge in [0.2, 0.25) is 10.0 Å². The molecule has 3 rings (SSSR count). The summed E-state index contributed by atoms with van der Waals surface area (Å²) in [6.07, 6.45) is -3.77. The van der Waals surface area contributed by atoms with E-state index in [1.807, 2.05) is 0 Å². The van der Waals surface area contributed by atoms with Crippen molar-refractivity contribution < 1.29 is 31.1 Å². The number of sulfonamides is 1. The average molecular weight is 365 g/mol. The van der Waals surface area contributed by atoms with Crippen LogP contribution in [0.15, 0.2) is 29.2 Å². The number of alkyl halides is 3. The lowest BCUT2D eigenvalue weighted by molar-refractivity contribution is -0.137. The van der Waals surface area contributed by atoms with Gasteiger partial charge >= 0.3 is 6.18 Å². The van der Waals surface area contributed by atoms with Crippen LogP contribution in [-0.2, 0) is 25.7 Å².